The molecule has 0 amide bonds. The van der Waals surface area contributed by atoms with Crippen LogP contribution in [0.3, 0.4) is 0 Å². The van der Waals surface area contributed by atoms with Gasteiger partial charge in [0.25, 0.3) is 0 Å². The molecule has 0 atom stereocenters. The summed E-state index contributed by atoms with van der Waals surface area (Å²) in [4.78, 5) is 4.59. The number of hydrogen-bond donors (Lipinski definition) is 1. The topological polar surface area (TPSA) is 53.1 Å². The summed E-state index contributed by atoms with van der Waals surface area (Å²) in [5.74, 6) is 1.50. The monoisotopic (exact) mass is 321 g/mol. The Bertz CT molecular complexity index is 911. The van der Waals surface area contributed by atoms with Crippen LogP contribution in [0.1, 0.15) is 35.1 Å². The standard InChI is InChI=1S/C20H23N3O/c1-13-9-14(7-8-19(13)24-2)12-23-18-11-16-6-4-3-5-15(16)10-17(18)22-20(23)21/h7-11H,3-6,12H2,1-2H3,(H2,21,22). The highest BCUT2D eigenvalue weighted by atomic mass is 16.5. The van der Waals surface area contributed by atoms with E-state index in [1.54, 1.807) is 7.11 Å². The van der Waals surface area contributed by atoms with Crippen molar-refractivity contribution >= 4 is 17.0 Å². The minimum Gasteiger partial charge on any atom is -0.496 e. The largest absolute Gasteiger partial charge is 0.496 e. The summed E-state index contributed by atoms with van der Waals surface area (Å²) in [7, 11) is 1.70. The smallest absolute Gasteiger partial charge is 0.201 e. The van der Waals surface area contributed by atoms with E-state index in [0.29, 0.717) is 5.95 Å². The third-order valence-corrected chi connectivity index (χ3v) is 5.04. The van der Waals surface area contributed by atoms with Gasteiger partial charge >= 0.3 is 0 Å². The van der Waals surface area contributed by atoms with Crippen LogP contribution < -0.4 is 10.5 Å². The lowest BCUT2D eigenvalue weighted by atomic mass is 9.91. The molecule has 0 saturated heterocycles. The van der Waals surface area contributed by atoms with E-state index < -0.39 is 0 Å². The molecule has 3 aromatic rings. The Kier molecular flexibility index (Phi) is 3.68. The minimum absolute atomic E-state index is 0.584. The van der Waals surface area contributed by atoms with Crippen LogP contribution in [0.15, 0.2) is 30.3 Å². The van der Waals surface area contributed by atoms with Crippen LogP contribution in [0.25, 0.3) is 11.0 Å². The first-order valence-corrected chi connectivity index (χ1v) is 8.57. The molecule has 2 aromatic carbocycles. The first-order chi connectivity index (χ1) is 11.7. The second-order valence-corrected chi connectivity index (χ2v) is 6.68. The van der Waals surface area contributed by atoms with Crippen LogP contribution in [0.4, 0.5) is 5.95 Å². The van der Waals surface area contributed by atoms with E-state index in [0.717, 1.165) is 41.7 Å². The summed E-state index contributed by atoms with van der Waals surface area (Å²) in [6.07, 6.45) is 4.88. The third-order valence-electron chi connectivity index (χ3n) is 5.04. The first kappa shape index (κ1) is 15.1. The number of hydrogen-bond acceptors (Lipinski definition) is 3. The van der Waals surface area contributed by atoms with Crippen molar-refractivity contribution in [2.24, 2.45) is 0 Å². The molecule has 0 radical (unpaired) electrons. The van der Waals surface area contributed by atoms with Gasteiger partial charge in [-0.3, -0.25) is 0 Å². The summed E-state index contributed by atoms with van der Waals surface area (Å²) < 4.78 is 7.46. The number of anilines is 1. The number of rotatable bonds is 3. The molecule has 0 saturated carbocycles. The van der Waals surface area contributed by atoms with E-state index in [4.69, 9.17) is 10.5 Å². The lowest BCUT2D eigenvalue weighted by Gasteiger charge is -2.16. The zero-order valence-corrected chi connectivity index (χ0v) is 14.3. The Hall–Kier alpha value is -2.49. The van der Waals surface area contributed by atoms with Crippen LogP contribution in [-0.4, -0.2) is 16.7 Å². The zero-order valence-electron chi connectivity index (χ0n) is 14.3. The van der Waals surface area contributed by atoms with E-state index in [1.165, 1.54) is 29.5 Å². The number of nitrogens with two attached hydrogens (primary N) is 1. The molecular formula is C20H23N3O. The SMILES string of the molecule is COc1ccc(Cn2c(N)nc3cc4c(cc32)CCCC4)cc1C. The Balaban J connectivity index is 1.76. The van der Waals surface area contributed by atoms with Gasteiger partial charge in [0.1, 0.15) is 5.75 Å². The number of fused-ring (bicyclic) bond motifs is 2. The van der Waals surface area contributed by atoms with Gasteiger partial charge in [-0.15, -0.1) is 0 Å². The maximum atomic E-state index is 6.22. The number of methoxy groups -OCH3 is 1. The molecule has 1 aromatic heterocycles. The molecule has 4 heteroatoms. The highest BCUT2D eigenvalue weighted by Gasteiger charge is 2.15. The molecule has 24 heavy (non-hydrogen) atoms. The number of nitrogens with zero attached hydrogens (tertiary/aromatic N) is 2. The van der Waals surface area contributed by atoms with Crippen LogP contribution in [-0.2, 0) is 19.4 Å². The van der Waals surface area contributed by atoms with E-state index in [1.807, 2.05) is 6.07 Å². The van der Waals surface area contributed by atoms with Crippen LogP contribution in [0, 0.1) is 6.92 Å². The van der Waals surface area contributed by atoms with Crippen molar-refractivity contribution in [3.63, 3.8) is 0 Å². The van der Waals surface area contributed by atoms with E-state index in [-0.39, 0.29) is 0 Å². The van der Waals surface area contributed by atoms with Crippen molar-refractivity contribution in [2.75, 3.05) is 12.8 Å². The lowest BCUT2D eigenvalue weighted by Crippen LogP contribution is -2.06. The van der Waals surface area contributed by atoms with Gasteiger partial charge in [-0.05, 0) is 73.1 Å². The van der Waals surface area contributed by atoms with E-state index >= 15 is 0 Å². The van der Waals surface area contributed by atoms with Crippen molar-refractivity contribution < 1.29 is 4.74 Å². The predicted octanol–water partition coefficient (Wildman–Crippen LogP) is 3.86. The maximum Gasteiger partial charge on any atom is 0.201 e. The second-order valence-electron chi connectivity index (χ2n) is 6.68. The van der Waals surface area contributed by atoms with Gasteiger partial charge in [0.15, 0.2) is 0 Å². The summed E-state index contributed by atoms with van der Waals surface area (Å²) in [5, 5.41) is 0. The molecule has 0 unspecified atom stereocenters. The average Bonchev–Trinajstić information content (AvgIpc) is 2.88. The summed E-state index contributed by atoms with van der Waals surface area (Å²) >= 11 is 0. The van der Waals surface area contributed by atoms with Crippen molar-refractivity contribution in [3.05, 3.63) is 52.6 Å². The quantitative estimate of drug-likeness (QED) is 0.797. The average molecular weight is 321 g/mol. The molecule has 1 aliphatic carbocycles. The summed E-state index contributed by atoms with van der Waals surface area (Å²) in [6.45, 7) is 2.79. The number of imidazole rings is 1. The fourth-order valence-corrected chi connectivity index (χ4v) is 3.76. The first-order valence-electron chi connectivity index (χ1n) is 8.57. The Labute approximate surface area is 142 Å². The van der Waals surface area contributed by atoms with Gasteiger partial charge in [-0.2, -0.15) is 0 Å². The molecular weight excluding hydrogens is 298 g/mol. The fraction of sp³-hybridized carbons (Fsp3) is 0.350. The predicted molar refractivity (Wildman–Crippen MR) is 97.6 cm³/mol. The van der Waals surface area contributed by atoms with Crippen LogP contribution in [0.5, 0.6) is 5.75 Å². The lowest BCUT2D eigenvalue weighted by molar-refractivity contribution is 0.411. The van der Waals surface area contributed by atoms with Gasteiger partial charge in [-0.25, -0.2) is 4.98 Å². The molecule has 0 fully saturated rings. The number of nitrogen functional groups attached to an aromatic ring is 1. The third kappa shape index (κ3) is 2.52. The van der Waals surface area contributed by atoms with Crippen LogP contribution in [0.2, 0.25) is 0 Å². The molecule has 0 spiro atoms. The van der Waals surface area contributed by atoms with Crippen molar-refractivity contribution in [2.45, 2.75) is 39.2 Å². The van der Waals surface area contributed by atoms with Gasteiger partial charge in [0.2, 0.25) is 5.95 Å². The van der Waals surface area contributed by atoms with E-state index in [2.05, 4.69) is 40.7 Å². The Morgan fingerprint density at radius 1 is 1.12 bits per heavy atom. The molecule has 2 N–H and O–H groups in total. The Morgan fingerprint density at radius 2 is 1.88 bits per heavy atom. The molecule has 4 rings (SSSR count). The molecule has 4 nitrogen and oxygen atoms in total. The maximum absolute atomic E-state index is 6.22. The molecule has 124 valence electrons. The molecule has 0 bridgehead atoms. The fourth-order valence-electron chi connectivity index (χ4n) is 3.76. The minimum atomic E-state index is 0.584. The van der Waals surface area contributed by atoms with Gasteiger partial charge in [0, 0.05) is 0 Å². The van der Waals surface area contributed by atoms with E-state index in [9.17, 15) is 0 Å². The summed E-state index contributed by atoms with van der Waals surface area (Å²) in [6, 6.07) is 10.8. The van der Waals surface area contributed by atoms with Crippen molar-refractivity contribution in [3.8, 4) is 5.75 Å². The number of aromatic nitrogens is 2. The summed E-state index contributed by atoms with van der Waals surface area (Å²) in [5.41, 5.74) is 13.6. The van der Waals surface area contributed by atoms with Crippen LogP contribution >= 0.6 is 0 Å². The zero-order chi connectivity index (χ0) is 16.7. The van der Waals surface area contributed by atoms with Crippen molar-refractivity contribution in [1.29, 1.82) is 0 Å². The molecule has 0 aliphatic heterocycles. The number of ether oxygens (including phenoxy) is 1. The molecule has 1 heterocycles. The van der Waals surface area contributed by atoms with Gasteiger partial charge in [0.05, 0.1) is 24.7 Å². The Morgan fingerprint density at radius 3 is 2.58 bits per heavy atom. The van der Waals surface area contributed by atoms with Gasteiger partial charge < -0.3 is 15.0 Å². The normalized spacial score (nSPS) is 13.9. The van der Waals surface area contributed by atoms with Gasteiger partial charge in [-0.1, -0.05) is 12.1 Å². The molecule has 1 aliphatic rings. The van der Waals surface area contributed by atoms with Crippen molar-refractivity contribution in [1.82, 2.24) is 9.55 Å². The number of benzene rings is 2. The number of aryl methyl sites for hydroxylation is 3. The second kappa shape index (κ2) is 5.86. The highest BCUT2D eigenvalue weighted by molar-refractivity contribution is 5.80. The highest BCUT2D eigenvalue weighted by Crippen LogP contribution is 2.29.